The van der Waals surface area contributed by atoms with Crippen LogP contribution in [0.4, 0.5) is 5.69 Å². The molecular formula is C12H6Cl2N2OS. The number of thiophene rings is 1. The molecule has 0 saturated heterocycles. The molecule has 0 bridgehead atoms. The molecule has 0 atom stereocenters. The summed E-state index contributed by atoms with van der Waals surface area (Å²) < 4.78 is 0.539. The molecular weight excluding hydrogens is 291 g/mol. The third-order valence-electron chi connectivity index (χ3n) is 2.14. The summed E-state index contributed by atoms with van der Waals surface area (Å²) in [7, 11) is 0. The minimum absolute atomic E-state index is 0.302. The van der Waals surface area contributed by atoms with Gasteiger partial charge in [0, 0.05) is 0 Å². The summed E-state index contributed by atoms with van der Waals surface area (Å²) in [6.07, 6.45) is 0. The molecule has 0 fully saturated rings. The average Bonchev–Trinajstić information content (AvgIpc) is 2.79. The Bertz CT molecular complexity index is 646. The lowest BCUT2D eigenvalue weighted by Crippen LogP contribution is -2.10. The van der Waals surface area contributed by atoms with Gasteiger partial charge in [0.25, 0.3) is 5.91 Å². The fourth-order valence-electron chi connectivity index (χ4n) is 1.31. The van der Waals surface area contributed by atoms with E-state index in [4.69, 9.17) is 28.5 Å². The fraction of sp³-hybridized carbons (Fsp3) is 0. The number of nitriles is 1. The Kier molecular flexibility index (Phi) is 3.87. The van der Waals surface area contributed by atoms with Crippen LogP contribution in [0, 0.1) is 11.3 Å². The first-order valence-electron chi connectivity index (χ1n) is 4.86. The highest BCUT2D eigenvalue weighted by atomic mass is 35.5. The average molecular weight is 297 g/mol. The monoisotopic (exact) mass is 296 g/mol. The first-order valence-corrected chi connectivity index (χ1v) is 6.44. The number of amides is 1. The van der Waals surface area contributed by atoms with E-state index in [2.05, 4.69) is 5.32 Å². The van der Waals surface area contributed by atoms with Crippen molar-refractivity contribution in [1.29, 1.82) is 5.26 Å². The van der Waals surface area contributed by atoms with Crippen molar-refractivity contribution in [2.75, 3.05) is 5.32 Å². The van der Waals surface area contributed by atoms with E-state index < -0.39 is 0 Å². The van der Waals surface area contributed by atoms with Crippen LogP contribution >= 0.6 is 34.5 Å². The summed E-state index contributed by atoms with van der Waals surface area (Å²) in [6, 6.07) is 9.93. The number of hydrogen-bond acceptors (Lipinski definition) is 3. The van der Waals surface area contributed by atoms with Crippen LogP contribution in [0.1, 0.15) is 15.2 Å². The Balaban J connectivity index is 2.24. The second-order valence-corrected chi connectivity index (χ2v) is 5.49. The lowest BCUT2D eigenvalue weighted by atomic mass is 10.2. The third kappa shape index (κ3) is 2.82. The third-order valence-corrected chi connectivity index (χ3v) is 3.70. The molecule has 0 aliphatic rings. The lowest BCUT2D eigenvalue weighted by Gasteiger charge is -2.06. The van der Waals surface area contributed by atoms with Gasteiger partial charge in [0.05, 0.1) is 31.6 Å². The van der Waals surface area contributed by atoms with E-state index in [1.54, 1.807) is 24.3 Å². The molecule has 2 rings (SSSR count). The van der Waals surface area contributed by atoms with Crippen LogP contribution in [0.15, 0.2) is 30.3 Å². The minimum Gasteiger partial charge on any atom is -0.320 e. The summed E-state index contributed by atoms with van der Waals surface area (Å²) in [5, 5.41) is 11.8. The normalized spacial score (nSPS) is 9.83. The maximum atomic E-state index is 11.9. The minimum atomic E-state index is -0.302. The van der Waals surface area contributed by atoms with Crippen molar-refractivity contribution < 1.29 is 4.79 Å². The van der Waals surface area contributed by atoms with Crippen molar-refractivity contribution in [3.05, 3.63) is 50.1 Å². The van der Waals surface area contributed by atoms with Gasteiger partial charge in [-0.25, -0.2) is 0 Å². The topological polar surface area (TPSA) is 52.9 Å². The van der Waals surface area contributed by atoms with Crippen LogP contribution in [0.25, 0.3) is 0 Å². The fourth-order valence-corrected chi connectivity index (χ4v) is 2.41. The van der Waals surface area contributed by atoms with Crippen LogP contribution in [-0.2, 0) is 0 Å². The number of carbonyl (C=O) groups is 1. The van der Waals surface area contributed by atoms with E-state index in [0.717, 1.165) is 0 Å². The smallest absolute Gasteiger partial charge is 0.265 e. The first kappa shape index (κ1) is 12.9. The molecule has 1 heterocycles. The highest BCUT2D eigenvalue weighted by Crippen LogP contribution is 2.26. The number of rotatable bonds is 2. The number of benzene rings is 1. The number of nitrogens with zero attached hydrogens (tertiary/aromatic N) is 1. The summed E-state index contributed by atoms with van der Waals surface area (Å²) in [5.74, 6) is -0.302. The molecule has 18 heavy (non-hydrogen) atoms. The summed E-state index contributed by atoms with van der Waals surface area (Å²) in [6.45, 7) is 0. The van der Waals surface area contributed by atoms with Gasteiger partial charge in [0.15, 0.2) is 0 Å². The van der Waals surface area contributed by atoms with Crippen molar-refractivity contribution in [1.82, 2.24) is 0 Å². The van der Waals surface area contributed by atoms with Crippen LogP contribution in [-0.4, -0.2) is 5.91 Å². The molecule has 1 aromatic carbocycles. The molecule has 0 saturated carbocycles. The molecule has 90 valence electrons. The molecule has 1 aromatic heterocycles. The first-order chi connectivity index (χ1) is 8.60. The van der Waals surface area contributed by atoms with Gasteiger partial charge in [-0.05, 0) is 30.3 Å². The molecule has 0 aliphatic heterocycles. The van der Waals surface area contributed by atoms with Gasteiger partial charge >= 0.3 is 0 Å². The zero-order valence-corrected chi connectivity index (χ0v) is 11.2. The van der Waals surface area contributed by atoms with Gasteiger partial charge < -0.3 is 5.32 Å². The maximum absolute atomic E-state index is 11.9. The Labute approximate surface area is 118 Å². The van der Waals surface area contributed by atoms with Crippen molar-refractivity contribution in [3.63, 3.8) is 0 Å². The van der Waals surface area contributed by atoms with Crippen molar-refractivity contribution in [3.8, 4) is 6.07 Å². The van der Waals surface area contributed by atoms with Crippen LogP contribution < -0.4 is 5.32 Å². The summed E-state index contributed by atoms with van der Waals surface area (Å²) in [5.41, 5.74) is 0.837. The van der Waals surface area contributed by atoms with E-state index in [1.165, 1.54) is 17.4 Å². The predicted octanol–water partition coefficient (Wildman–Crippen LogP) is 4.18. The number of hydrogen-bond donors (Lipinski definition) is 1. The van der Waals surface area contributed by atoms with Crippen molar-refractivity contribution in [2.45, 2.75) is 0 Å². The van der Waals surface area contributed by atoms with E-state index in [1.807, 2.05) is 6.07 Å². The van der Waals surface area contributed by atoms with E-state index in [0.29, 0.717) is 25.5 Å². The molecule has 0 aliphatic carbocycles. The Morgan fingerprint density at radius 2 is 2.06 bits per heavy atom. The summed E-state index contributed by atoms with van der Waals surface area (Å²) >= 11 is 12.9. The highest BCUT2D eigenvalue weighted by Gasteiger charge is 2.11. The number of halogens is 2. The van der Waals surface area contributed by atoms with Gasteiger partial charge in [0.1, 0.15) is 0 Å². The maximum Gasteiger partial charge on any atom is 0.265 e. The Morgan fingerprint density at radius 1 is 1.28 bits per heavy atom. The SMILES string of the molecule is N#Cc1ccc(Cl)c(NC(=O)c2ccc(Cl)s2)c1. The molecule has 1 amide bonds. The van der Waals surface area contributed by atoms with Gasteiger partial charge in [-0.3, -0.25) is 4.79 Å². The van der Waals surface area contributed by atoms with Gasteiger partial charge in [0.2, 0.25) is 0 Å². The molecule has 2 aromatic rings. The van der Waals surface area contributed by atoms with Crippen LogP contribution in [0.5, 0.6) is 0 Å². The van der Waals surface area contributed by atoms with Gasteiger partial charge in [-0.15, -0.1) is 11.3 Å². The summed E-state index contributed by atoms with van der Waals surface area (Å²) in [4.78, 5) is 12.4. The number of nitrogens with one attached hydrogen (secondary N) is 1. The van der Waals surface area contributed by atoms with Crippen molar-refractivity contribution in [2.24, 2.45) is 0 Å². The second-order valence-electron chi connectivity index (χ2n) is 3.36. The molecule has 0 radical (unpaired) electrons. The predicted molar refractivity (Wildman–Crippen MR) is 73.4 cm³/mol. The zero-order valence-electron chi connectivity index (χ0n) is 8.91. The van der Waals surface area contributed by atoms with Crippen LogP contribution in [0.3, 0.4) is 0 Å². The van der Waals surface area contributed by atoms with Gasteiger partial charge in [-0.1, -0.05) is 23.2 Å². The Hall–Kier alpha value is -1.54. The second kappa shape index (κ2) is 5.40. The van der Waals surface area contributed by atoms with E-state index in [-0.39, 0.29) is 5.91 Å². The van der Waals surface area contributed by atoms with E-state index >= 15 is 0 Å². The quantitative estimate of drug-likeness (QED) is 0.904. The van der Waals surface area contributed by atoms with E-state index in [9.17, 15) is 4.79 Å². The molecule has 0 unspecified atom stereocenters. The molecule has 6 heteroatoms. The number of anilines is 1. The standard InChI is InChI=1S/C12H6Cl2N2OS/c13-8-2-1-7(6-15)5-9(8)16-12(17)10-3-4-11(14)18-10/h1-5H,(H,16,17). The van der Waals surface area contributed by atoms with Crippen LogP contribution in [0.2, 0.25) is 9.36 Å². The Morgan fingerprint density at radius 3 is 2.67 bits per heavy atom. The molecule has 0 spiro atoms. The van der Waals surface area contributed by atoms with Crippen molar-refractivity contribution >= 4 is 46.1 Å². The molecule has 3 nitrogen and oxygen atoms in total. The lowest BCUT2D eigenvalue weighted by molar-refractivity contribution is 0.103. The molecule has 1 N–H and O–H groups in total. The van der Waals surface area contributed by atoms with Gasteiger partial charge in [-0.2, -0.15) is 5.26 Å². The largest absolute Gasteiger partial charge is 0.320 e. The highest BCUT2D eigenvalue weighted by molar-refractivity contribution is 7.18. The number of carbonyl (C=O) groups excluding carboxylic acids is 1. The zero-order chi connectivity index (χ0) is 13.1.